The van der Waals surface area contributed by atoms with Crippen LogP contribution in [0.15, 0.2) is 53.7 Å². The summed E-state index contributed by atoms with van der Waals surface area (Å²) in [7, 11) is 3.94. The molecule has 2 aromatic carbocycles. The second kappa shape index (κ2) is 5.81. The van der Waals surface area contributed by atoms with Gasteiger partial charge < -0.3 is 14.0 Å². The molecule has 0 amide bonds. The van der Waals surface area contributed by atoms with Crippen LogP contribution in [-0.2, 0) is 25.5 Å². The van der Waals surface area contributed by atoms with E-state index in [0.29, 0.717) is 6.61 Å². The minimum absolute atomic E-state index is 0.311. The van der Waals surface area contributed by atoms with Gasteiger partial charge in [0.05, 0.1) is 22.1 Å². The molecule has 6 heteroatoms. The molecule has 0 unspecified atom stereocenters. The molecule has 0 aliphatic carbocycles. The third kappa shape index (κ3) is 2.42. The van der Waals surface area contributed by atoms with E-state index in [9.17, 15) is 0 Å². The topological polar surface area (TPSA) is 57.2 Å². The van der Waals surface area contributed by atoms with Gasteiger partial charge in [0.1, 0.15) is 6.21 Å². The van der Waals surface area contributed by atoms with E-state index in [1.54, 1.807) is 6.21 Å². The summed E-state index contributed by atoms with van der Waals surface area (Å²) in [5.41, 5.74) is 4.04. The average Bonchev–Trinajstić information content (AvgIpc) is 3.10. The lowest BCUT2D eigenvalue weighted by Crippen LogP contribution is -2.00. The van der Waals surface area contributed by atoms with E-state index >= 15 is 0 Å². The maximum absolute atomic E-state index is 5.42. The van der Waals surface area contributed by atoms with Crippen molar-refractivity contribution in [3.63, 3.8) is 0 Å². The highest BCUT2D eigenvalue weighted by Gasteiger charge is 2.07. The minimum atomic E-state index is 0.311. The fourth-order valence-electron chi connectivity index (χ4n) is 2.78. The van der Waals surface area contributed by atoms with E-state index in [4.69, 9.17) is 4.84 Å². The Balaban J connectivity index is 1.50. The van der Waals surface area contributed by atoms with Gasteiger partial charge in [0.25, 0.3) is 0 Å². The molecule has 2 aromatic heterocycles. The first kappa shape index (κ1) is 14.4. The molecule has 0 aliphatic rings. The lowest BCUT2D eigenvalue weighted by atomic mass is 10.3. The van der Waals surface area contributed by atoms with Crippen molar-refractivity contribution < 1.29 is 4.84 Å². The number of fused-ring (bicyclic) bond motifs is 2. The molecular weight excluding hydrogens is 302 g/mol. The molecule has 0 aliphatic heterocycles. The van der Waals surface area contributed by atoms with Crippen LogP contribution in [0.5, 0.6) is 0 Å². The van der Waals surface area contributed by atoms with Gasteiger partial charge in [-0.3, -0.25) is 0 Å². The van der Waals surface area contributed by atoms with Crippen molar-refractivity contribution in [3.8, 4) is 0 Å². The van der Waals surface area contributed by atoms with Gasteiger partial charge in [-0.25, -0.2) is 9.97 Å². The van der Waals surface area contributed by atoms with E-state index in [1.165, 1.54) is 0 Å². The second-order valence-electron chi connectivity index (χ2n) is 5.60. The molecule has 2 heterocycles. The first-order chi connectivity index (χ1) is 11.7. The van der Waals surface area contributed by atoms with Gasteiger partial charge in [0, 0.05) is 14.1 Å². The van der Waals surface area contributed by atoms with Crippen LogP contribution in [0.25, 0.3) is 22.1 Å². The largest absolute Gasteiger partial charge is 0.388 e. The van der Waals surface area contributed by atoms with Crippen molar-refractivity contribution in [2.75, 3.05) is 0 Å². The molecule has 0 atom stereocenters. The predicted octanol–water partition coefficient (Wildman–Crippen LogP) is 3.01. The number of aryl methyl sites for hydroxylation is 2. The third-order valence-electron chi connectivity index (χ3n) is 4.14. The molecule has 4 rings (SSSR count). The Hall–Kier alpha value is -3.15. The van der Waals surface area contributed by atoms with E-state index in [1.807, 2.05) is 71.8 Å². The fourth-order valence-corrected chi connectivity index (χ4v) is 2.78. The first-order valence-corrected chi connectivity index (χ1v) is 7.71. The number of oxime groups is 1. The monoisotopic (exact) mass is 319 g/mol. The molecule has 0 bridgehead atoms. The fraction of sp³-hybridized carbons (Fsp3) is 0.167. The Bertz CT molecular complexity index is 1040. The smallest absolute Gasteiger partial charge is 0.174 e. The summed E-state index contributed by atoms with van der Waals surface area (Å²) in [5, 5.41) is 4.04. The number of nitrogens with zero attached hydrogens (tertiary/aromatic N) is 5. The van der Waals surface area contributed by atoms with Gasteiger partial charge >= 0.3 is 0 Å². The van der Waals surface area contributed by atoms with Crippen LogP contribution in [0, 0.1) is 0 Å². The zero-order valence-corrected chi connectivity index (χ0v) is 13.5. The Morgan fingerprint density at radius 2 is 1.54 bits per heavy atom. The Labute approximate surface area is 139 Å². The number of para-hydroxylation sites is 4. The normalized spacial score (nSPS) is 11.8. The van der Waals surface area contributed by atoms with Crippen LogP contribution in [-0.4, -0.2) is 25.3 Å². The van der Waals surface area contributed by atoms with Crippen molar-refractivity contribution in [1.29, 1.82) is 0 Å². The molecule has 0 saturated heterocycles. The summed E-state index contributed by atoms with van der Waals surface area (Å²) >= 11 is 0. The van der Waals surface area contributed by atoms with Crippen LogP contribution in [0.2, 0.25) is 0 Å². The zero-order valence-electron chi connectivity index (χ0n) is 13.5. The summed E-state index contributed by atoms with van der Waals surface area (Å²) in [5.74, 6) is 1.58. The summed E-state index contributed by atoms with van der Waals surface area (Å²) in [6.45, 7) is 0.311. The average molecular weight is 319 g/mol. The molecule has 0 spiro atoms. The lowest BCUT2D eigenvalue weighted by Gasteiger charge is -2.01. The number of rotatable bonds is 4. The number of imidazole rings is 2. The van der Waals surface area contributed by atoms with Gasteiger partial charge in [0.2, 0.25) is 0 Å². The van der Waals surface area contributed by atoms with E-state index in [-0.39, 0.29) is 0 Å². The molecule has 0 radical (unpaired) electrons. The zero-order chi connectivity index (χ0) is 16.5. The van der Waals surface area contributed by atoms with Crippen molar-refractivity contribution >= 4 is 28.3 Å². The van der Waals surface area contributed by atoms with E-state index < -0.39 is 0 Å². The summed E-state index contributed by atoms with van der Waals surface area (Å²) < 4.78 is 4.00. The number of aromatic nitrogens is 4. The standard InChI is InChI=1S/C18H17N5O/c1-22-15-9-5-3-7-13(15)20-17(22)11-19-24-12-18-21-14-8-4-6-10-16(14)23(18)2/h3-11H,12H2,1-2H3. The molecule has 0 saturated carbocycles. The summed E-state index contributed by atoms with van der Waals surface area (Å²) in [4.78, 5) is 14.5. The molecule has 0 fully saturated rings. The van der Waals surface area contributed by atoms with Crippen molar-refractivity contribution in [2.45, 2.75) is 6.61 Å². The van der Waals surface area contributed by atoms with Crippen LogP contribution < -0.4 is 0 Å². The van der Waals surface area contributed by atoms with Crippen LogP contribution in [0.4, 0.5) is 0 Å². The Kier molecular flexibility index (Phi) is 3.49. The maximum atomic E-state index is 5.42. The SMILES string of the molecule is Cn1c(C=NOCc2nc3ccccc3n2C)nc2ccccc21. The minimum Gasteiger partial charge on any atom is -0.388 e. The molecule has 120 valence electrons. The number of hydrogen-bond donors (Lipinski definition) is 0. The second-order valence-corrected chi connectivity index (χ2v) is 5.60. The molecule has 4 aromatic rings. The molecule has 24 heavy (non-hydrogen) atoms. The van der Waals surface area contributed by atoms with Gasteiger partial charge in [-0.1, -0.05) is 29.4 Å². The van der Waals surface area contributed by atoms with E-state index in [2.05, 4.69) is 15.1 Å². The van der Waals surface area contributed by atoms with Crippen molar-refractivity contribution in [3.05, 3.63) is 60.2 Å². The van der Waals surface area contributed by atoms with Crippen LogP contribution in [0.1, 0.15) is 11.6 Å². The third-order valence-corrected chi connectivity index (χ3v) is 4.14. The molecular formula is C18H17N5O. The highest BCUT2D eigenvalue weighted by atomic mass is 16.6. The maximum Gasteiger partial charge on any atom is 0.174 e. The summed E-state index contributed by atoms with van der Waals surface area (Å²) in [6, 6.07) is 16.0. The van der Waals surface area contributed by atoms with Gasteiger partial charge in [0.15, 0.2) is 18.3 Å². The number of benzene rings is 2. The van der Waals surface area contributed by atoms with Gasteiger partial charge in [-0.05, 0) is 24.3 Å². The van der Waals surface area contributed by atoms with Crippen LogP contribution in [0.3, 0.4) is 0 Å². The Morgan fingerprint density at radius 1 is 0.917 bits per heavy atom. The van der Waals surface area contributed by atoms with Crippen LogP contribution >= 0.6 is 0 Å². The van der Waals surface area contributed by atoms with Gasteiger partial charge in [-0.15, -0.1) is 0 Å². The van der Waals surface area contributed by atoms with Gasteiger partial charge in [-0.2, -0.15) is 0 Å². The lowest BCUT2D eigenvalue weighted by molar-refractivity contribution is 0.124. The predicted molar refractivity (Wildman–Crippen MR) is 93.8 cm³/mol. The molecule has 0 N–H and O–H groups in total. The molecule has 6 nitrogen and oxygen atoms in total. The Morgan fingerprint density at radius 3 is 2.21 bits per heavy atom. The number of hydrogen-bond acceptors (Lipinski definition) is 4. The highest BCUT2D eigenvalue weighted by molar-refractivity contribution is 5.84. The highest BCUT2D eigenvalue weighted by Crippen LogP contribution is 2.15. The quantitative estimate of drug-likeness (QED) is 0.429. The van der Waals surface area contributed by atoms with Crippen molar-refractivity contribution in [2.24, 2.45) is 19.3 Å². The summed E-state index contributed by atoms with van der Waals surface area (Å²) in [6.07, 6.45) is 1.63. The van der Waals surface area contributed by atoms with Crippen molar-refractivity contribution in [1.82, 2.24) is 19.1 Å². The first-order valence-electron chi connectivity index (χ1n) is 7.71. The van der Waals surface area contributed by atoms with E-state index in [0.717, 1.165) is 33.7 Å².